The maximum atomic E-state index is 10.7. The highest BCUT2D eigenvalue weighted by atomic mass is 35.5. The number of hydrogen-bond acceptors (Lipinski definition) is 4. The zero-order valence-corrected chi connectivity index (χ0v) is 12.4. The number of imidazole rings is 1. The van der Waals surface area contributed by atoms with Gasteiger partial charge in [0.25, 0.3) is 0 Å². The molecule has 0 unspecified atom stereocenters. The first-order valence-corrected chi connectivity index (χ1v) is 7.10. The Bertz CT molecular complexity index is 669. The Morgan fingerprint density at radius 1 is 1.60 bits per heavy atom. The van der Waals surface area contributed by atoms with Gasteiger partial charge in [0.05, 0.1) is 24.9 Å². The van der Waals surface area contributed by atoms with Crippen molar-refractivity contribution in [2.45, 2.75) is 11.7 Å². The molecule has 20 heavy (non-hydrogen) atoms. The number of hydrogen-bond donors (Lipinski definition) is 1. The smallest absolute Gasteiger partial charge is 0.313 e. The number of ether oxygens (including phenoxy) is 1. The van der Waals surface area contributed by atoms with Crippen molar-refractivity contribution in [3.05, 3.63) is 29.8 Å². The molecule has 0 atom stereocenters. The van der Waals surface area contributed by atoms with Crippen LogP contribution < -0.4 is 4.74 Å². The Balaban J connectivity index is 2.53. The summed E-state index contributed by atoms with van der Waals surface area (Å²) >= 11 is 7.02. The third-order valence-corrected chi connectivity index (χ3v) is 3.66. The van der Waals surface area contributed by atoms with Crippen molar-refractivity contribution >= 4 is 40.4 Å². The Morgan fingerprint density at radius 2 is 2.35 bits per heavy atom. The van der Waals surface area contributed by atoms with Crippen LogP contribution in [-0.4, -0.2) is 33.5 Å². The minimum atomic E-state index is -0.898. The van der Waals surface area contributed by atoms with Crippen molar-refractivity contribution in [2.24, 2.45) is 0 Å². The molecule has 0 amide bonds. The van der Waals surface area contributed by atoms with Gasteiger partial charge in [0, 0.05) is 5.03 Å². The van der Waals surface area contributed by atoms with E-state index in [-0.39, 0.29) is 5.75 Å². The zero-order chi connectivity index (χ0) is 14.7. The lowest BCUT2D eigenvalue weighted by Gasteiger charge is -2.07. The number of benzene rings is 1. The van der Waals surface area contributed by atoms with Gasteiger partial charge in [0.1, 0.15) is 11.3 Å². The summed E-state index contributed by atoms with van der Waals surface area (Å²) in [6.45, 7) is 4.04. The van der Waals surface area contributed by atoms with Gasteiger partial charge in [-0.1, -0.05) is 36.0 Å². The molecule has 0 aliphatic rings. The van der Waals surface area contributed by atoms with Crippen LogP contribution in [0.5, 0.6) is 5.75 Å². The van der Waals surface area contributed by atoms with Crippen LogP contribution in [0, 0.1) is 0 Å². The molecule has 7 heteroatoms. The van der Waals surface area contributed by atoms with E-state index in [9.17, 15) is 4.79 Å². The summed E-state index contributed by atoms with van der Waals surface area (Å²) < 4.78 is 7.10. The van der Waals surface area contributed by atoms with Crippen LogP contribution >= 0.6 is 23.4 Å². The van der Waals surface area contributed by atoms with E-state index in [4.69, 9.17) is 21.4 Å². The number of carbonyl (C=O) groups is 1. The molecule has 0 bridgehead atoms. The highest BCUT2D eigenvalue weighted by Crippen LogP contribution is 2.30. The van der Waals surface area contributed by atoms with E-state index in [0.717, 1.165) is 17.3 Å². The standard InChI is InChI=1S/C13H13ClN2O3S/c1-8(14)6-16-9-4-3-5-10(19-2)12(9)15-13(16)20-7-11(17)18/h3-5H,1,6-7H2,2H3,(H,17,18). The van der Waals surface area contributed by atoms with Gasteiger partial charge in [-0.3, -0.25) is 4.79 Å². The Morgan fingerprint density at radius 3 is 2.95 bits per heavy atom. The van der Waals surface area contributed by atoms with E-state index in [1.165, 1.54) is 0 Å². The highest BCUT2D eigenvalue weighted by molar-refractivity contribution is 7.99. The Labute approximate surface area is 125 Å². The van der Waals surface area contributed by atoms with Crippen molar-refractivity contribution in [3.63, 3.8) is 0 Å². The zero-order valence-electron chi connectivity index (χ0n) is 10.8. The minimum absolute atomic E-state index is 0.0690. The predicted octanol–water partition coefficient (Wildman–Crippen LogP) is 2.97. The fourth-order valence-corrected chi connectivity index (χ4v) is 2.67. The molecule has 0 saturated carbocycles. The Hall–Kier alpha value is -1.66. The number of carboxylic acid groups (broad SMARTS) is 1. The molecule has 2 rings (SSSR count). The molecule has 0 aliphatic heterocycles. The summed E-state index contributed by atoms with van der Waals surface area (Å²) in [5.41, 5.74) is 1.51. The molecule has 1 aromatic heterocycles. The van der Waals surface area contributed by atoms with Gasteiger partial charge < -0.3 is 14.4 Å². The van der Waals surface area contributed by atoms with Gasteiger partial charge in [-0.2, -0.15) is 0 Å². The van der Waals surface area contributed by atoms with Crippen LogP contribution in [0.2, 0.25) is 0 Å². The van der Waals surface area contributed by atoms with Crippen LogP contribution in [0.1, 0.15) is 0 Å². The molecule has 1 heterocycles. The van der Waals surface area contributed by atoms with Crippen molar-refractivity contribution < 1.29 is 14.6 Å². The molecular weight excluding hydrogens is 300 g/mol. The number of nitrogens with zero attached hydrogens (tertiary/aromatic N) is 2. The van der Waals surface area contributed by atoms with Gasteiger partial charge in [0.2, 0.25) is 0 Å². The van der Waals surface area contributed by atoms with Crippen molar-refractivity contribution in [2.75, 3.05) is 12.9 Å². The van der Waals surface area contributed by atoms with Gasteiger partial charge >= 0.3 is 5.97 Å². The third-order valence-electron chi connectivity index (χ3n) is 2.58. The number of thioether (sulfide) groups is 1. The van der Waals surface area contributed by atoms with E-state index < -0.39 is 5.97 Å². The van der Waals surface area contributed by atoms with Crippen LogP contribution in [0.4, 0.5) is 0 Å². The molecule has 5 nitrogen and oxygen atoms in total. The lowest BCUT2D eigenvalue weighted by Crippen LogP contribution is -2.03. The van der Waals surface area contributed by atoms with Crippen molar-refractivity contribution in [1.29, 1.82) is 0 Å². The minimum Gasteiger partial charge on any atom is -0.494 e. The van der Waals surface area contributed by atoms with Crippen molar-refractivity contribution in [3.8, 4) is 5.75 Å². The molecule has 2 aromatic rings. The predicted molar refractivity (Wildman–Crippen MR) is 79.6 cm³/mol. The maximum Gasteiger partial charge on any atom is 0.313 e. The molecule has 0 radical (unpaired) electrons. The number of aromatic nitrogens is 2. The average molecular weight is 313 g/mol. The van der Waals surface area contributed by atoms with Crippen LogP contribution in [0.25, 0.3) is 11.0 Å². The van der Waals surface area contributed by atoms with Crippen molar-refractivity contribution in [1.82, 2.24) is 9.55 Å². The number of allylic oxidation sites excluding steroid dienone is 1. The number of para-hydroxylation sites is 1. The normalized spacial score (nSPS) is 10.7. The number of aliphatic carboxylic acids is 1. The summed E-state index contributed by atoms with van der Waals surface area (Å²) in [4.78, 5) is 15.2. The molecule has 0 aliphatic carbocycles. The molecule has 0 spiro atoms. The van der Waals surface area contributed by atoms with E-state index >= 15 is 0 Å². The second-order valence-electron chi connectivity index (χ2n) is 4.01. The first kappa shape index (κ1) is 14.7. The fraction of sp³-hybridized carbons (Fsp3) is 0.231. The monoisotopic (exact) mass is 312 g/mol. The first-order valence-electron chi connectivity index (χ1n) is 5.74. The summed E-state index contributed by atoms with van der Waals surface area (Å²) in [5.74, 6) is -0.329. The lowest BCUT2D eigenvalue weighted by molar-refractivity contribution is -0.133. The number of halogens is 1. The molecular formula is C13H13ClN2O3S. The molecule has 1 N–H and O–H groups in total. The largest absolute Gasteiger partial charge is 0.494 e. The molecule has 106 valence electrons. The third kappa shape index (κ3) is 3.08. The topological polar surface area (TPSA) is 64.4 Å². The first-order chi connectivity index (χ1) is 9.52. The second kappa shape index (κ2) is 6.19. The summed E-state index contributed by atoms with van der Waals surface area (Å²) in [7, 11) is 1.57. The number of fused-ring (bicyclic) bond motifs is 1. The SMILES string of the molecule is C=C(Cl)Cn1c(SCC(=O)O)nc2c(OC)cccc21. The number of rotatable bonds is 6. The van der Waals surface area contributed by atoms with E-state index in [0.29, 0.717) is 28.0 Å². The number of methoxy groups -OCH3 is 1. The molecule has 0 fully saturated rings. The van der Waals surface area contributed by atoms with E-state index in [1.807, 2.05) is 16.7 Å². The number of carboxylic acids is 1. The Kier molecular flexibility index (Phi) is 4.57. The lowest BCUT2D eigenvalue weighted by atomic mass is 10.3. The van der Waals surface area contributed by atoms with E-state index in [1.54, 1.807) is 13.2 Å². The summed E-state index contributed by atoms with van der Waals surface area (Å²) in [5, 5.41) is 9.82. The van der Waals surface area contributed by atoms with Gasteiger partial charge in [-0.25, -0.2) is 4.98 Å². The van der Waals surface area contributed by atoms with E-state index in [2.05, 4.69) is 11.6 Å². The fourth-order valence-electron chi connectivity index (χ4n) is 1.83. The van der Waals surface area contributed by atoms with Crippen LogP contribution in [0.3, 0.4) is 0 Å². The van der Waals surface area contributed by atoms with Gasteiger partial charge in [-0.05, 0) is 12.1 Å². The average Bonchev–Trinajstić information content (AvgIpc) is 2.74. The van der Waals surface area contributed by atoms with Gasteiger partial charge in [0.15, 0.2) is 5.16 Å². The quantitative estimate of drug-likeness (QED) is 0.831. The van der Waals surface area contributed by atoms with Crippen LogP contribution in [0.15, 0.2) is 35.0 Å². The summed E-state index contributed by atoms with van der Waals surface area (Å²) in [6.07, 6.45) is 0. The maximum absolute atomic E-state index is 10.7. The van der Waals surface area contributed by atoms with Crippen LogP contribution in [-0.2, 0) is 11.3 Å². The molecule has 1 aromatic carbocycles. The highest BCUT2D eigenvalue weighted by Gasteiger charge is 2.15. The van der Waals surface area contributed by atoms with Gasteiger partial charge in [-0.15, -0.1) is 0 Å². The molecule has 0 saturated heterocycles. The second-order valence-corrected chi connectivity index (χ2v) is 5.49. The summed E-state index contributed by atoms with van der Waals surface area (Å²) in [6, 6.07) is 5.54.